The van der Waals surface area contributed by atoms with Crippen molar-refractivity contribution in [2.45, 2.75) is 13.3 Å². The van der Waals surface area contributed by atoms with E-state index < -0.39 is 5.97 Å². The molecule has 0 unspecified atom stereocenters. The smallest absolute Gasteiger partial charge is 0.328 e. The van der Waals surface area contributed by atoms with Gasteiger partial charge in [0.25, 0.3) is 0 Å². The van der Waals surface area contributed by atoms with E-state index in [0.717, 1.165) is 13.0 Å². The monoisotopic (exact) mass is 239 g/mol. The van der Waals surface area contributed by atoms with Crippen LogP contribution in [-0.4, -0.2) is 36.1 Å². The van der Waals surface area contributed by atoms with Crippen LogP contribution in [0, 0.1) is 6.92 Å². The molecule has 0 radical (unpaired) electrons. The molecule has 4 heteroatoms. The Labute approximate surface area is 100 Å². The van der Waals surface area contributed by atoms with Gasteiger partial charge in [-0.15, -0.1) is 11.3 Å². The Kier molecular flexibility index (Phi) is 5.22. The Hall–Kier alpha value is -1.13. The lowest BCUT2D eigenvalue weighted by molar-refractivity contribution is -0.131. The molecule has 1 heterocycles. The number of rotatable bonds is 6. The largest absolute Gasteiger partial charge is 0.478 e. The molecular formula is C12H17NO2S. The van der Waals surface area contributed by atoms with Gasteiger partial charge in [-0.25, -0.2) is 4.79 Å². The van der Waals surface area contributed by atoms with Gasteiger partial charge < -0.3 is 10.0 Å². The molecule has 16 heavy (non-hydrogen) atoms. The van der Waals surface area contributed by atoms with Gasteiger partial charge in [-0.1, -0.05) is 6.08 Å². The Balaban J connectivity index is 2.28. The summed E-state index contributed by atoms with van der Waals surface area (Å²) in [6.07, 6.45) is 3.89. The number of thiophene rings is 1. The lowest BCUT2D eigenvalue weighted by atomic mass is 10.2. The highest BCUT2D eigenvalue weighted by Crippen LogP contribution is 2.16. The van der Waals surface area contributed by atoms with E-state index in [4.69, 9.17) is 5.11 Å². The number of carbonyl (C=O) groups is 1. The van der Waals surface area contributed by atoms with Crippen molar-refractivity contribution in [3.8, 4) is 0 Å². The molecule has 0 saturated heterocycles. The normalized spacial score (nSPS) is 11.4. The van der Waals surface area contributed by atoms with E-state index in [-0.39, 0.29) is 0 Å². The molecule has 88 valence electrons. The van der Waals surface area contributed by atoms with Gasteiger partial charge in [-0.2, -0.15) is 0 Å². The molecule has 1 aromatic rings. The first-order valence-electron chi connectivity index (χ1n) is 5.20. The molecule has 1 aromatic heterocycles. The van der Waals surface area contributed by atoms with Crippen LogP contribution >= 0.6 is 11.3 Å². The van der Waals surface area contributed by atoms with Crippen LogP contribution in [0.1, 0.15) is 10.4 Å². The molecule has 0 amide bonds. The molecule has 3 nitrogen and oxygen atoms in total. The Morgan fingerprint density at radius 2 is 2.38 bits per heavy atom. The highest BCUT2D eigenvalue weighted by Gasteiger charge is 2.01. The van der Waals surface area contributed by atoms with Gasteiger partial charge in [-0.05, 0) is 37.4 Å². The van der Waals surface area contributed by atoms with Crippen LogP contribution in [0.15, 0.2) is 23.6 Å². The fourth-order valence-corrected chi connectivity index (χ4v) is 2.28. The van der Waals surface area contributed by atoms with E-state index in [2.05, 4.69) is 23.3 Å². The van der Waals surface area contributed by atoms with Gasteiger partial charge in [0.1, 0.15) is 0 Å². The summed E-state index contributed by atoms with van der Waals surface area (Å²) in [5.41, 5.74) is 1.35. The number of carboxylic acids is 1. The summed E-state index contributed by atoms with van der Waals surface area (Å²) in [6.45, 7) is 3.75. The van der Waals surface area contributed by atoms with Crippen LogP contribution in [-0.2, 0) is 11.2 Å². The average Bonchev–Trinajstić information content (AvgIpc) is 2.60. The van der Waals surface area contributed by atoms with Crippen molar-refractivity contribution in [1.82, 2.24) is 4.90 Å². The van der Waals surface area contributed by atoms with E-state index in [9.17, 15) is 4.79 Å². The molecule has 1 rings (SSSR count). The SMILES string of the molecule is Cc1ccsc1CCN(C)C/C=C/C(=O)O. The summed E-state index contributed by atoms with van der Waals surface area (Å²) in [4.78, 5) is 13.8. The van der Waals surface area contributed by atoms with Crippen molar-refractivity contribution in [3.63, 3.8) is 0 Å². The molecule has 0 atom stereocenters. The van der Waals surface area contributed by atoms with Crippen LogP contribution in [0.25, 0.3) is 0 Å². The zero-order chi connectivity index (χ0) is 12.0. The molecule has 0 aliphatic heterocycles. The van der Waals surface area contributed by atoms with Crippen molar-refractivity contribution in [2.75, 3.05) is 20.1 Å². The first kappa shape index (κ1) is 12.9. The molecule has 0 spiro atoms. The highest BCUT2D eigenvalue weighted by molar-refractivity contribution is 7.10. The van der Waals surface area contributed by atoms with Crippen LogP contribution in [0.5, 0.6) is 0 Å². The number of aryl methyl sites for hydroxylation is 1. The molecule has 0 bridgehead atoms. The van der Waals surface area contributed by atoms with Gasteiger partial charge in [0.05, 0.1) is 0 Å². The lowest BCUT2D eigenvalue weighted by Crippen LogP contribution is -2.21. The Morgan fingerprint density at radius 3 is 2.94 bits per heavy atom. The van der Waals surface area contributed by atoms with E-state index in [1.54, 1.807) is 17.4 Å². The number of aliphatic carboxylic acids is 1. The first-order chi connectivity index (χ1) is 7.59. The first-order valence-corrected chi connectivity index (χ1v) is 6.08. The number of likely N-dealkylation sites (N-methyl/N-ethyl adjacent to an activating group) is 1. The second-order valence-corrected chi connectivity index (χ2v) is 4.78. The summed E-state index contributed by atoms with van der Waals surface area (Å²) < 4.78 is 0. The Bertz CT molecular complexity index is 371. The minimum Gasteiger partial charge on any atom is -0.478 e. The maximum Gasteiger partial charge on any atom is 0.328 e. The zero-order valence-corrected chi connectivity index (χ0v) is 10.5. The van der Waals surface area contributed by atoms with E-state index in [1.165, 1.54) is 16.5 Å². The number of nitrogens with zero attached hydrogens (tertiary/aromatic N) is 1. The number of hydrogen-bond donors (Lipinski definition) is 1. The van der Waals surface area contributed by atoms with E-state index in [0.29, 0.717) is 6.54 Å². The quantitative estimate of drug-likeness (QED) is 0.773. The second-order valence-electron chi connectivity index (χ2n) is 3.78. The maximum atomic E-state index is 10.3. The minimum absolute atomic E-state index is 0.677. The Morgan fingerprint density at radius 1 is 1.62 bits per heavy atom. The van der Waals surface area contributed by atoms with E-state index >= 15 is 0 Å². The van der Waals surface area contributed by atoms with Crippen molar-refractivity contribution in [2.24, 2.45) is 0 Å². The van der Waals surface area contributed by atoms with Crippen LogP contribution in [0.4, 0.5) is 0 Å². The van der Waals surface area contributed by atoms with Crippen molar-refractivity contribution in [1.29, 1.82) is 0 Å². The lowest BCUT2D eigenvalue weighted by Gasteiger charge is -2.13. The third kappa shape index (κ3) is 4.59. The molecule has 0 saturated carbocycles. The van der Waals surface area contributed by atoms with Crippen molar-refractivity contribution >= 4 is 17.3 Å². The summed E-state index contributed by atoms with van der Waals surface area (Å²) in [5.74, 6) is -0.887. The molecule has 1 N–H and O–H groups in total. The highest BCUT2D eigenvalue weighted by atomic mass is 32.1. The van der Waals surface area contributed by atoms with Gasteiger partial charge in [0.2, 0.25) is 0 Å². The third-order valence-electron chi connectivity index (χ3n) is 2.37. The maximum absolute atomic E-state index is 10.3. The third-order valence-corrected chi connectivity index (χ3v) is 3.45. The number of carboxylic acid groups (broad SMARTS) is 1. The molecule has 0 aliphatic carbocycles. The predicted molar refractivity (Wildman–Crippen MR) is 67.0 cm³/mol. The van der Waals surface area contributed by atoms with Gasteiger partial charge in [0, 0.05) is 24.0 Å². The summed E-state index contributed by atoms with van der Waals surface area (Å²) >= 11 is 1.78. The minimum atomic E-state index is -0.887. The summed E-state index contributed by atoms with van der Waals surface area (Å²) in [7, 11) is 2.00. The van der Waals surface area contributed by atoms with Gasteiger partial charge in [-0.3, -0.25) is 0 Å². The predicted octanol–water partition coefficient (Wildman–Crippen LogP) is 2.17. The summed E-state index contributed by atoms with van der Waals surface area (Å²) in [5, 5.41) is 10.5. The topological polar surface area (TPSA) is 40.5 Å². The molecular weight excluding hydrogens is 222 g/mol. The zero-order valence-electron chi connectivity index (χ0n) is 9.64. The summed E-state index contributed by atoms with van der Waals surface area (Å²) in [6, 6.07) is 2.13. The standard InChI is InChI=1S/C12H17NO2S/c1-10-6-9-16-11(10)5-8-13(2)7-3-4-12(14)15/h3-4,6,9H,5,7-8H2,1-2H3,(H,14,15)/b4-3+. The fraction of sp³-hybridized carbons (Fsp3) is 0.417. The van der Waals surface area contributed by atoms with Crippen molar-refractivity contribution in [3.05, 3.63) is 34.0 Å². The number of hydrogen-bond acceptors (Lipinski definition) is 3. The van der Waals surface area contributed by atoms with Gasteiger partial charge in [0.15, 0.2) is 0 Å². The van der Waals surface area contributed by atoms with Gasteiger partial charge >= 0.3 is 5.97 Å². The van der Waals surface area contributed by atoms with Crippen LogP contribution < -0.4 is 0 Å². The van der Waals surface area contributed by atoms with Crippen LogP contribution in [0.3, 0.4) is 0 Å². The molecule has 0 aliphatic rings. The van der Waals surface area contributed by atoms with Crippen LogP contribution in [0.2, 0.25) is 0 Å². The molecule has 0 aromatic carbocycles. The second kappa shape index (κ2) is 6.45. The average molecular weight is 239 g/mol. The van der Waals surface area contributed by atoms with Crippen molar-refractivity contribution < 1.29 is 9.90 Å². The molecule has 0 fully saturated rings. The van der Waals surface area contributed by atoms with E-state index in [1.807, 2.05) is 7.05 Å². The fourth-order valence-electron chi connectivity index (χ4n) is 1.38.